The molecular weight excluding hydrogens is 256 g/mol. The number of aliphatic hydroxyl groups excluding tert-OH is 2. The summed E-state index contributed by atoms with van der Waals surface area (Å²) in [7, 11) is 3.42. The van der Waals surface area contributed by atoms with E-state index in [0.717, 1.165) is 22.3 Å². The highest BCUT2D eigenvalue weighted by molar-refractivity contribution is 5.84. The maximum Gasteiger partial charge on any atom is 0.129 e. The van der Waals surface area contributed by atoms with E-state index in [4.69, 9.17) is 4.74 Å². The van der Waals surface area contributed by atoms with Crippen molar-refractivity contribution in [2.45, 2.75) is 12.7 Å². The van der Waals surface area contributed by atoms with Gasteiger partial charge in [0.05, 0.1) is 24.8 Å². The largest absolute Gasteiger partial charge is 0.392 e. The van der Waals surface area contributed by atoms with Gasteiger partial charge in [0.15, 0.2) is 0 Å². The molecule has 20 heavy (non-hydrogen) atoms. The van der Waals surface area contributed by atoms with Crippen LogP contribution < -0.4 is 4.90 Å². The lowest BCUT2D eigenvalue weighted by Crippen LogP contribution is -2.32. The fraction of sp³-hybridized carbons (Fsp3) is 0.400. The highest BCUT2D eigenvalue weighted by atomic mass is 16.5. The number of hydrogen-bond donors (Lipinski definition) is 2. The lowest BCUT2D eigenvalue weighted by molar-refractivity contribution is 0.0694. The van der Waals surface area contributed by atoms with Crippen LogP contribution in [0.4, 0.5) is 5.82 Å². The number of methoxy groups -OCH3 is 1. The second kappa shape index (κ2) is 6.65. The molecule has 1 aromatic carbocycles. The van der Waals surface area contributed by atoms with Crippen LogP contribution in [-0.4, -0.2) is 48.6 Å². The lowest BCUT2D eigenvalue weighted by Gasteiger charge is -2.22. The molecule has 2 aromatic rings. The molecule has 108 valence electrons. The molecule has 0 bridgehead atoms. The van der Waals surface area contributed by atoms with Crippen molar-refractivity contribution in [2.24, 2.45) is 0 Å². The van der Waals surface area contributed by atoms with Gasteiger partial charge >= 0.3 is 0 Å². The van der Waals surface area contributed by atoms with Gasteiger partial charge in [0.1, 0.15) is 5.82 Å². The first-order valence-electron chi connectivity index (χ1n) is 6.53. The van der Waals surface area contributed by atoms with Gasteiger partial charge in [0, 0.05) is 26.1 Å². The minimum absolute atomic E-state index is 0.0372. The number of likely N-dealkylation sites (N-methyl/N-ethyl adjacent to an activating group) is 1. The van der Waals surface area contributed by atoms with Crippen molar-refractivity contribution in [3.63, 3.8) is 0 Å². The zero-order valence-corrected chi connectivity index (χ0v) is 11.8. The lowest BCUT2D eigenvalue weighted by atomic mass is 10.1. The molecule has 5 heteroatoms. The van der Waals surface area contributed by atoms with Crippen molar-refractivity contribution in [2.75, 3.05) is 32.2 Å². The minimum atomic E-state index is -0.573. The first-order valence-corrected chi connectivity index (χ1v) is 6.53. The average molecular weight is 276 g/mol. The van der Waals surface area contributed by atoms with Crippen molar-refractivity contribution in [3.05, 3.63) is 35.9 Å². The summed E-state index contributed by atoms with van der Waals surface area (Å²) in [6, 6.07) is 9.55. The monoisotopic (exact) mass is 276 g/mol. The van der Waals surface area contributed by atoms with Gasteiger partial charge < -0.3 is 19.8 Å². The standard InChI is InChI=1S/C15H20N2O3/c1-17(8-12(19)10-20-2)15-7-11(9-18)13-5-3-4-6-14(13)16-15/h3-7,12,18-19H,8-10H2,1-2H3. The molecule has 1 heterocycles. The van der Waals surface area contributed by atoms with E-state index < -0.39 is 6.10 Å². The van der Waals surface area contributed by atoms with Crippen LogP contribution in [0.3, 0.4) is 0 Å². The van der Waals surface area contributed by atoms with Crippen LogP contribution in [-0.2, 0) is 11.3 Å². The molecule has 0 saturated carbocycles. The summed E-state index contributed by atoms with van der Waals surface area (Å²) in [6.07, 6.45) is -0.573. The quantitative estimate of drug-likeness (QED) is 0.829. The van der Waals surface area contributed by atoms with Crippen LogP contribution in [0.5, 0.6) is 0 Å². The third-order valence-corrected chi connectivity index (χ3v) is 3.19. The van der Waals surface area contributed by atoms with E-state index in [9.17, 15) is 10.2 Å². The molecule has 1 unspecified atom stereocenters. The number of aliphatic hydroxyl groups is 2. The van der Waals surface area contributed by atoms with Crippen LogP contribution in [0, 0.1) is 0 Å². The molecule has 0 aliphatic rings. The summed E-state index contributed by atoms with van der Waals surface area (Å²) in [5.74, 6) is 0.725. The summed E-state index contributed by atoms with van der Waals surface area (Å²) in [4.78, 5) is 6.42. The number of nitrogens with zero attached hydrogens (tertiary/aromatic N) is 2. The number of para-hydroxylation sites is 1. The fourth-order valence-corrected chi connectivity index (χ4v) is 2.21. The Morgan fingerprint density at radius 1 is 1.35 bits per heavy atom. The van der Waals surface area contributed by atoms with Gasteiger partial charge in [-0.1, -0.05) is 18.2 Å². The SMILES string of the molecule is COCC(O)CN(C)c1cc(CO)c2ccccc2n1. The zero-order valence-electron chi connectivity index (χ0n) is 11.8. The number of anilines is 1. The summed E-state index contributed by atoms with van der Waals surface area (Å²) in [6.45, 7) is 0.666. The van der Waals surface area contributed by atoms with Crippen LogP contribution in [0.2, 0.25) is 0 Å². The molecule has 1 aromatic heterocycles. The molecule has 0 aliphatic heterocycles. The van der Waals surface area contributed by atoms with Gasteiger partial charge in [-0.05, 0) is 17.7 Å². The van der Waals surface area contributed by atoms with Crippen LogP contribution in [0.25, 0.3) is 10.9 Å². The topological polar surface area (TPSA) is 65.8 Å². The van der Waals surface area contributed by atoms with Crippen molar-refractivity contribution < 1.29 is 14.9 Å². The predicted octanol–water partition coefficient (Wildman–Crippen LogP) is 1.17. The Morgan fingerprint density at radius 2 is 2.10 bits per heavy atom. The molecule has 0 saturated heterocycles. The number of aromatic nitrogens is 1. The van der Waals surface area contributed by atoms with E-state index in [1.807, 2.05) is 42.3 Å². The molecule has 2 rings (SSSR count). The summed E-state index contributed by atoms with van der Waals surface area (Å²) >= 11 is 0. The number of ether oxygens (including phenoxy) is 1. The number of hydrogen-bond acceptors (Lipinski definition) is 5. The first kappa shape index (κ1) is 14.7. The number of benzene rings is 1. The second-order valence-electron chi connectivity index (χ2n) is 4.80. The fourth-order valence-electron chi connectivity index (χ4n) is 2.21. The maximum atomic E-state index is 9.78. The summed E-state index contributed by atoms with van der Waals surface area (Å²) in [5, 5.41) is 20.2. The van der Waals surface area contributed by atoms with Crippen molar-refractivity contribution in [1.29, 1.82) is 0 Å². The third-order valence-electron chi connectivity index (χ3n) is 3.19. The maximum absolute atomic E-state index is 9.78. The molecule has 0 fully saturated rings. The van der Waals surface area contributed by atoms with Crippen molar-refractivity contribution in [3.8, 4) is 0 Å². The van der Waals surface area contributed by atoms with Gasteiger partial charge in [0.25, 0.3) is 0 Å². The number of rotatable bonds is 6. The molecule has 0 amide bonds. The summed E-state index contributed by atoms with van der Waals surface area (Å²) in [5.41, 5.74) is 1.67. The van der Waals surface area contributed by atoms with Gasteiger partial charge in [0.2, 0.25) is 0 Å². The van der Waals surface area contributed by atoms with Crippen LogP contribution >= 0.6 is 0 Å². The Labute approximate surface area is 118 Å². The number of pyridine rings is 1. The molecule has 1 atom stereocenters. The molecule has 5 nitrogen and oxygen atoms in total. The van der Waals surface area contributed by atoms with E-state index in [1.54, 1.807) is 7.11 Å². The zero-order chi connectivity index (χ0) is 14.5. The van der Waals surface area contributed by atoms with Gasteiger partial charge in [-0.25, -0.2) is 4.98 Å². The highest BCUT2D eigenvalue weighted by Crippen LogP contribution is 2.22. The Bertz CT molecular complexity index is 574. The molecule has 2 N–H and O–H groups in total. The normalized spacial score (nSPS) is 12.6. The van der Waals surface area contributed by atoms with E-state index in [2.05, 4.69) is 4.98 Å². The second-order valence-corrected chi connectivity index (χ2v) is 4.80. The van der Waals surface area contributed by atoms with Gasteiger partial charge in [-0.3, -0.25) is 0 Å². The van der Waals surface area contributed by atoms with Crippen molar-refractivity contribution in [1.82, 2.24) is 4.98 Å². The highest BCUT2D eigenvalue weighted by Gasteiger charge is 2.12. The Morgan fingerprint density at radius 3 is 2.80 bits per heavy atom. The van der Waals surface area contributed by atoms with Crippen LogP contribution in [0.1, 0.15) is 5.56 Å². The van der Waals surface area contributed by atoms with E-state index >= 15 is 0 Å². The van der Waals surface area contributed by atoms with Gasteiger partial charge in [-0.2, -0.15) is 0 Å². The first-order chi connectivity index (χ1) is 9.65. The molecule has 0 spiro atoms. The average Bonchev–Trinajstić information content (AvgIpc) is 2.46. The Hall–Kier alpha value is -1.69. The number of fused-ring (bicyclic) bond motifs is 1. The molecule has 0 aliphatic carbocycles. The van der Waals surface area contributed by atoms with Gasteiger partial charge in [-0.15, -0.1) is 0 Å². The van der Waals surface area contributed by atoms with Crippen LogP contribution in [0.15, 0.2) is 30.3 Å². The van der Waals surface area contributed by atoms with Crippen molar-refractivity contribution >= 4 is 16.7 Å². The predicted molar refractivity (Wildman–Crippen MR) is 78.8 cm³/mol. The third kappa shape index (κ3) is 3.25. The molecular formula is C15H20N2O3. The Kier molecular flexibility index (Phi) is 4.89. The van der Waals surface area contributed by atoms with E-state index in [-0.39, 0.29) is 13.2 Å². The molecule has 0 radical (unpaired) electrons. The van der Waals surface area contributed by atoms with E-state index in [1.165, 1.54) is 0 Å². The smallest absolute Gasteiger partial charge is 0.129 e. The minimum Gasteiger partial charge on any atom is -0.392 e. The van der Waals surface area contributed by atoms with E-state index in [0.29, 0.717) is 6.54 Å². The Balaban J connectivity index is 2.30. The summed E-state index contributed by atoms with van der Waals surface area (Å²) < 4.78 is 4.92.